The Balaban J connectivity index is 2.05. The van der Waals surface area contributed by atoms with Crippen LogP contribution in [0.5, 0.6) is 0 Å². The Morgan fingerprint density at radius 2 is 2.19 bits per heavy atom. The van der Waals surface area contributed by atoms with Crippen LogP contribution >= 0.6 is 0 Å². The van der Waals surface area contributed by atoms with E-state index < -0.39 is 11.7 Å². The molecule has 1 N–H and O–H groups in total. The van der Waals surface area contributed by atoms with Crippen molar-refractivity contribution in [2.45, 2.75) is 50.9 Å². The molecule has 5 heteroatoms. The molecule has 0 saturated carbocycles. The molecule has 1 aromatic rings. The molecule has 0 amide bonds. The topological polar surface area (TPSA) is 21.3 Å². The quantitative estimate of drug-likeness (QED) is 0.845. The summed E-state index contributed by atoms with van der Waals surface area (Å²) in [6.45, 7) is 3.50. The highest BCUT2D eigenvalue weighted by atomic mass is 19.4. The van der Waals surface area contributed by atoms with Crippen LogP contribution in [0, 0.1) is 0 Å². The highest BCUT2D eigenvalue weighted by molar-refractivity contribution is 5.28. The molecule has 0 radical (unpaired) electrons. The lowest BCUT2D eigenvalue weighted by Crippen LogP contribution is -2.23. The van der Waals surface area contributed by atoms with Crippen LogP contribution in [0.2, 0.25) is 0 Å². The van der Waals surface area contributed by atoms with Gasteiger partial charge in [-0.15, -0.1) is 0 Å². The van der Waals surface area contributed by atoms with E-state index >= 15 is 0 Å². The third kappa shape index (κ3) is 4.71. The molecule has 2 rings (SSSR count). The van der Waals surface area contributed by atoms with E-state index in [1.165, 1.54) is 12.1 Å². The molecule has 21 heavy (non-hydrogen) atoms. The third-order valence-electron chi connectivity index (χ3n) is 3.87. The summed E-state index contributed by atoms with van der Waals surface area (Å²) in [6.07, 6.45) is -0.215. The van der Waals surface area contributed by atoms with Crippen LogP contribution in [0.4, 0.5) is 13.2 Å². The van der Waals surface area contributed by atoms with Crippen molar-refractivity contribution < 1.29 is 17.9 Å². The van der Waals surface area contributed by atoms with Crippen molar-refractivity contribution in [1.82, 2.24) is 5.32 Å². The van der Waals surface area contributed by atoms with Crippen molar-refractivity contribution in [1.29, 1.82) is 0 Å². The largest absolute Gasteiger partial charge is 0.416 e. The van der Waals surface area contributed by atoms with Crippen LogP contribution in [0.25, 0.3) is 0 Å². The molecule has 0 spiro atoms. The van der Waals surface area contributed by atoms with Crippen LogP contribution in [-0.2, 0) is 10.9 Å². The monoisotopic (exact) mass is 301 g/mol. The fourth-order valence-electron chi connectivity index (χ4n) is 2.79. The first-order valence-corrected chi connectivity index (χ1v) is 7.53. The molecule has 1 saturated heterocycles. The second kappa shape index (κ2) is 7.27. The van der Waals surface area contributed by atoms with Crippen molar-refractivity contribution in [3.8, 4) is 0 Å². The third-order valence-corrected chi connectivity index (χ3v) is 3.87. The van der Waals surface area contributed by atoms with Gasteiger partial charge in [0.2, 0.25) is 0 Å². The van der Waals surface area contributed by atoms with Crippen molar-refractivity contribution in [3.05, 3.63) is 35.4 Å². The summed E-state index contributed by atoms with van der Waals surface area (Å²) < 4.78 is 44.0. The standard InChI is InChI=1S/C16H22F3NO/c1-2-20-15(9-8-14-7-4-10-21-14)12-5-3-6-13(11-12)16(17,18)19/h3,5-6,11,14-15,20H,2,4,7-10H2,1H3. The number of nitrogens with one attached hydrogen (secondary N) is 1. The SMILES string of the molecule is CCNC(CCC1CCCO1)c1cccc(C(F)(F)F)c1. The summed E-state index contributed by atoms with van der Waals surface area (Å²) in [5.74, 6) is 0. The molecule has 1 heterocycles. The molecule has 0 bridgehead atoms. The molecular formula is C16H22F3NO. The molecule has 2 atom stereocenters. The lowest BCUT2D eigenvalue weighted by Gasteiger charge is -2.21. The highest BCUT2D eigenvalue weighted by Gasteiger charge is 2.31. The molecule has 2 nitrogen and oxygen atoms in total. The van der Waals surface area contributed by atoms with Crippen LogP contribution in [-0.4, -0.2) is 19.3 Å². The van der Waals surface area contributed by atoms with Crippen LogP contribution in [0.1, 0.15) is 49.8 Å². The Labute approximate surface area is 123 Å². The van der Waals surface area contributed by atoms with Gasteiger partial charge >= 0.3 is 6.18 Å². The molecule has 2 unspecified atom stereocenters. The van der Waals surface area contributed by atoms with Crippen LogP contribution in [0.15, 0.2) is 24.3 Å². The maximum atomic E-state index is 12.8. The van der Waals surface area contributed by atoms with Gasteiger partial charge in [-0.3, -0.25) is 0 Å². The number of hydrogen-bond donors (Lipinski definition) is 1. The molecule has 0 aliphatic carbocycles. The Bertz CT molecular complexity index is 441. The lowest BCUT2D eigenvalue weighted by atomic mass is 9.97. The van der Waals surface area contributed by atoms with Crippen LogP contribution in [0.3, 0.4) is 0 Å². The molecule has 1 fully saturated rings. The Morgan fingerprint density at radius 1 is 1.38 bits per heavy atom. The van der Waals surface area contributed by atoms with E-state index in [2.05, 4.69) is 5.32 Å². The minimum Gasteiger partial charge on any atom is -0.378 e. The minimum absolute atomic E-state index is 0.0542. The predicted molar refractivity (Wildman–Crippen MR) is 76.1 cm³/mol. The Hall–Kier alpha value is -1.07. The van der Waals surface area contributed by atoms with Gasteiger partial charge in [-0.1, -0.05) is 19.1 Å². The fourth-order valence-corrected chi connectivity index (χ4v) is 2.79. The van der Waals surface area contributed by atoms with Gasteiger partial charge in [0, 0.05) is 12.6 Å². The van der Waals surface area contributed by atoms with Crippen molar-refractivity contribution in [2.24, 2.45) is 0 Å². The second-order valence-corrected chi connectivity index (χ2v) is 5.45. The number of ether oxygens (including phenoxy) is 1. The summed E-state index contributed by atoms with van der Waals surface area (Å²) in [7, 11) is 0. The van der Waals surface area contributed by atoms with E-state index in [9.17, 15) is 13.2 Å². The Morgan fingerprint density at radius 3 is 2.81 bits per heavy atom. The lowest BCUT2D eigenvalue weighted by molar-refractivity contribution is -0.137. The van der Waals surface area contributed by atoms with Crippen LogP contribution < -0.4 is 5.32 Å². The molecule has 1 aromatic carbocycles. The van der Waals surface area contributed by atoms with E-state index in [1.807, 2.05) is 6.92 Å². The summed E-state index contributed by atoms with van der Waals surface area (Å²) in [6, 6.07) is 5.56. The number of benzene rings is 1. The molecule has 1 aliphatic heterocycles. The van der Waals surface area contributed by atoms with E-state index in [-0.39, 0.29) is 12.1 Å². The summed E-state index contributed by atoms with van der Waals surface area (Å²) in [4.78, 5) is 0. The number of hydrogen-bond acceptors (Lipinski definition) is 2. The number of alkyl halides is 3. The second-order valence-electron chi connectivity index (χ2n) is 5.45. The van der Waals surface area contributed by atoms with E-state index in [0.29, 0.717) is 5.56 Å². The van der Waals surface area contributed by atoms with Crippen molar-refractivity contribution in [2.75, 3.05) is 13.2 Å². The number of halogens is 3. The molecule has 118 valence electrons. The van der Waals surface area contributed by atoms with Gasteiger partial charge in [-0.25, -0.2) is 0 Å². The zero-order chi connectivity index (χ0) is 15.3. The van der Waals surface area contributed by atoms with E-state index in [4.69, 9.17) is 4.74 Å². The molecular weight excluding hydrogens is 279 g/mol. The molecule has 1 aliphatic rings. The minimum atomic E-state index is -4.29. The summed E-state index contributed by atoms with van der Waals surface area (Å²) in [5, 5.41) is 3.28. The van der Waals surface area contributed by atoms with Gasteiger partial charge in [0.25, 0.3) is 0 Å². The zero-order valence-corrected chi connectivity index (χ0v) is 12.2. The van der Waals surface area contributed by atoms with Gasteiger partial charge in [0.1, 0.15) is 0 Å². The van der Waals surface area contributed by atoms with Gasteiger partial charge in [0.15, 0.2) is 0 Å². The van der Waals surface area contributed by atoms with E-state index in [1.54, 1.807) is 6.07 Å². The van der Waals surface area contributed by atoms with Gasteiger partial charge in [0.05, 0.1) is 11.7 Å². The highest BCUT2D eigenvalue weighted by Crippen LogP contribution is 2.32. The van der Waals surface area contributed by atoms with Crippen molar-refractivity contribution in [3.63, 3.8) is 0 Å². The average molecular weight is 301 g/mol. The van der Waals surface area contributed by atoms with E-state index in [0.717, 1.165) is 44.9 Å². The normalized spacial score (nSPS) is 20.7. The molecule has 0 aromatic heterocycles. The zero-order valence-electron chi connectivity index (χ0n) is 12.2. The number of rotatable bonds is 6. The van der Waals surface area contributed by atoms with Crippen molar-refractivity contribution >= 4 is 0 Å². The first kappa shape index (κ1) is 16.3. The fraction of sp³-hybridized carbons (Fsp3) is 0.625. The van der Waals surface area contributed by atoms with Gasteiger partial charge < -0.3 is 10.1 Å². The van der Waals surface area contributed by atoms with Gasteiger partial charge in [-0.05, 0) is 49.9 Å². The summed E-state index contributed by atoms with van der Waals surface area (Å²) >= 11 is 0. The summed E-state index contributed by atoms with van der Waals surface area (Å²) in [5.41, 5.74) is 0.115. The maximum Gasteiger partial charge on any atom is 0.416 e. The first-order chi connectivity index (χ1) is 10.0. The average Bonchev–Trinajstić information content (AvgIpc) is 2.96. The van der Waals surface area contributed by atoms with Gasteiger partial charge in [-0.2, -0.15) is 13.2 Å². The first-order valence-electron chi connectivity index (χ1n) is 7.53. The maximum absolute atomic E-state index is 12.8. The Kier molecular flexibility index (Phi) is 5.65. The predicted octanol–water partition coefficient (Wildman–Crippen LogP) is 4.32. The smallest absolute Gasteiger partial charge is 0.378 e.